The second-order valence-corrected chi connectivity index (χ2v) is 7.87. The van der Waals surface area contributed by atoms with Crippen molar-refractivity contribution in [1.82, 2.24) is 15.0 Å². The molecule has 1 aliphatic rings. The first-order chi connectivity index (χ1) is 14.5. The largest absolute Gasteiger partial charge is 0.497 e. The van der Waals surface area contributed by atoms with Gasteiger partial charge < -0.3 is 23.6 Å². The van der Waals surface area contributed by atoms with Crippen LogP contribution in [0.25, 0.3) is 0 Å². The van der Waals surface area contributed by atoms with Crippen molar-refractivity contribution < 1.29 is 23.5 Å². The number of hydrogen-bond acceptors (Lipinski definition) is 7. The maximum Gasteiger partial charge on any atom is 0.260 e. The van der Waals surface area contributed by atoms with Crippen molar-refractivity contribution in [2.24, 2.45) is 5.92 Å². The van der Waals surface area contributed by atoms with E-state index in [1.165, 1.54) is 0 Å². The molecule has 8 nitrogen and oxygen atoms in total. The van der Waals surface area contributed by atoms with E-state index in [1.54, 1.807) is 19.2 Å². The van der Waals surface area contributed by atoms with Crippen molar-refractivity contribution in [2.75, 3.05) is 33.4 Å². The Balaban J connectivity index is 1.32. The van der Waals surface area contributed by atoms with Gasteiger partial charge in [0.15, 0.2) is 12.4 Å². The molecule has 2 aromatic rings. The number of rotatable bonds is 10. The zero-order chi connectivity index (χ0) is 21.3. The Kier molecular flexibility index (Phi) is 8.07. The van der Waals surface area contributed by atoms with Crippen LogP contribution < -0.4 is 9.47 Å². The Bertz CT molecular complexity index is 782. The van der Waals surface area contributed by atoms with Crippen molar-refractivity contribution in [3.8, 4) is 11.5 Å². The van der Waals surface area contributed by atoms with Gasteiger partial charge in [0.1, 0.15) is 11.5 Å². The van der Waals surface area contributed by atoms with Crippen molar-refractivity contribution in [1.29, 1.82) is 0 Å². The molecule has 1 amide bonds. The number of carbonyl (C=O) groups is 1. The number of amides is 1. The first-order valence-electron chi connectivity index (χ1n) is 10.5. The Morgan fingerprint density at radius 1 is 1.20 bits per heavy atom. The molecule has 0 radical (unpaired) electrons. The van der Waals surface area contributed by atoms with Gasteiger partial charge in [0.05, 0.1) is 19.8 Å². The van der Waals surface area contributed by atoms with Gasteiger partial charge in [0, 0.05) is 25.9 Å². The number of aromatic nitrogens is 2. The van der Waals surface area contributed by atoms with Crippen LogP contribution in [0.3, 0.4) is 0 Å². The molecule has 0 unspecified atom stereocenters. The molecule has 0 saturated carbocycles. The van der Waals surface area contributed by atoms with E-state index in [-0.39, 0.29) is 18.6 Å². The van der Waals surface area contributed by atoms with Gasteiger partial charge in [0.2, 0.25) is 5.89 Å². The highest BCUT2D eigenvalue weighted by Crippen LogP contribution is 2.18. The van der Waals surface area contributed by atoms with Gasteiger partial charge in [-0.3, -0.25) is 4.79 Å². The number of benzene rings is 1. The quantitative estimate of drug-likeness (QED) is 0.587. The number of ether oxygens (including phenoxy) is 3. The molecule has 1 fully saturated rings. The van der Waals surface area contributed by atoms with Crippen LogP contribution in [0.15, 0.2) is 28.8 Å². The summed E-state index contributed by atoms with van der Waals surface area (Å²) in [6.45, 7) is 6.19. The molecule has 1 aromatic carbocycles. The molecule has 8 heteroatoms. The van der Waals surface area contributed by atoms with E-state index >= 15 is 0 Å². The van der Waals surface area contributed by atoms with Gasteiger partial charge in [0.25, 0.3) is 5.91 Å². The highest BCUT2D eigenvalue weighted by Gasteiger charge is 2.23. The molecule has 1 aliphatic heterocycles. The third kappa shape index (κ3) is 6.73. The summed E-state index contributed by atoms with van der Waals surface area (Å²) in [5.74, 6) is 3.27. The summed E-state index contributed by atoms with van der Waals surface area (Å²) in [5.41, 5.74) is 0. The minimum absolute atomic E-state index is 0.00579. The normalized spacial score (nSPS) is 14.9. The highest BCUT2D eigenvalue weighted by atomic mass is 16.5. The molecular weight excluding hydrogens is 386 g/mol. The van der Waals surface area contributed by atoms with E-state index in [1.807, 2.05) is 17.0 Å². The van der Waals surface area contributed by atoms with Crippen LogP contribution in [0, 0.1) is 5.92 Å². The van der Waals surface area contributed by atoms with Crippen LogP contribution in [0.2, 0.25) is 0 Å². The summed E-state index contributed by atoms with van der Waals surface area (Å²) in [6.07, 6.45) is 3.22. The second-order valence-electron chi connectivity index (χ2n) is 7.87. The van der Waals surface area contributed by atoms with Gasteiger partial charge in [-0.2, -0.15) is 4.98 Å². The highest BCUT2D eigenvalue weighted by molar-refractivity contribution is 5.77. The topological polar surface area (TPSA) is 86.9 Å². The van der Waals surface area contributed by atoms with Crippen molar-refractivity contribution in [2.45, 2.75) is 45.6 Å². The summed E-state index contributed by atoms with van der Waals surface area (Å²) < 4.78 is 21.9. The Morgan fingerprint density at radius 3 is 2.57 bits per heavy atom. The van der Waals surface area contributed by atoms with Crippen molar-refractivity contribution in [3.05, 3.63) is 36.0 Å². The summed E-state index contributed by atoms with van der Waals surface area (Å²) >= 11 is 0. The zero-order valence-corrected chi connectivity index (χ0v) is 18.0. The molecule has 164 valence electrons. The first kappa shape index (κ1) is 22.1. The number of methoxy groups -OCH3 is 1. The minimum Gasteiger partial charge on any atom is -0.497 e. The average Bonchev–Trinajstić information content (AvgIpc) is 3.19. The maximum absolute atomic E-state index is 12.4. The molecule has 3 rings (SSSR count). The van der Waals surface area contributed by atoms with Crippen LogP contribution in [-0.2, 0) is 22.4 Å². The second kappa shape index (κ2) is 11.0. The smallest absolute Gasteiger partial charge is 0.260 e. The molecule has 0 aliphatic carbocycles. The van der Waals surface area contributed by atoms with Gasteiger partial charge in [-0.15, -0.1) is 0 Å². The number of hydrogen-bond donors (Lipinski definition) is 0. The van der Waals surface area contributed by atoms with Gasteiger partial charge in [-0.25, -0.2) is 0 Å². The average molecular weight is 418 g/mol. The standard InChI is InChI=1S/C22H31N3O5/c1-16(2)14-21-23-20(24-30-21)10-13-28-19-8-11-25(12-9-19)22(26)15-29-18-6-4-17(27-3)5-7-18/h4-7,16,19H,8-15H2,1-3H3. The number of likely N-dealkylation sites (tertiary alicyclic amines) is 1. The lowest BCUT2D eigenvalue weighted by molar-refractivity contribution is -0.136. The van der Waals surface area contributed by atoms with Crippen LogP contribution in [-0.4, -0.2) is 60.5 Å². The lowest BCUT2D eigenvalue weighted by Crippen LogP contribution is -2.43. The predicted molar refractivity (Wildman–Crippen MR) is 111 cm³/mol. The number of nitrogens with zero attached hydrogens (tertiary/aromatic N) is 3. The van der Waals surface area contributed by atoms with Crippen LogP contribution in [0.4, 0.5) is 0 Å². The fraction of sp³-hybridized carbons (Fsp3) is 0.591. The van der Waals surface area contributed by atoms with E-state index in [2.05, 4.69) is 24.0 Å². The third-order valence-electron chi connectivity index (χ3n) is 4.99. The number of carbonyl (C=O) groups excluding carboxylic acids is 1. The molecular formula is C22H31N3O5. The molecule has 30 heavy (non-hydrogen) atoms. The monoisotopic (exact) mass is 417 g/mol. The van der Waals surface area contributed by atoms with E-state index in [4.69, 9.17) is 18.7 Å². The van der Waals surface area contributed by atoms with Crippen LogP contribution in [0.5, 0.6) is 11.5 Å². The fourth-order valence-electron chi connectivity index (χ4n) is 3.32. The first-order valence-corrected chi connectivity index (χ1v) is 10.5. The van der Waals surface area contributed by atoms with Gasteiger partial charge in [-0.1, -0.05) is 19.0 Å². The predicted octanol–water partition coefficient (Wildman–Crippen LogP) is 2.91. The third-order valence-corrected chi connectivity index (χ3v) is 4.99. The molecule has 0 N–H and O–H groups in total. The van der Waals surface area contributed by atoms with E-state index in [0.29, 0.717) is 49.5 Å². The van der Waals surface area contributed by atoms with Crippen molar-refractivity contribution >= 4 is 5.91 Å². The molecule has 0 bridgehead atoms. The summed E-state index contributed by atoms with van der Waals surface area (Å²) in [5, 5.41) is 4.00. The molecule has 1 aromatic heterocycles. The van der Waals surface area contributed by atoms with E-state index in [0.717, 1.165) is 25.0 Å². The van der Waals surface area contributed by atoms with E-state index in [9.17, 15) is 4.79 Å². The van der Waals surface area contributed by atoms with Crippen LogP contribution in [0.1, 0.15) is 38.4 Å². The van der Waals surface area contributed by atoms with Crippen molar-refractivity contribution in [3.63, 3.8) is 0 Å². The molecule has 2 heterocycles. The molecule has 0 spiro atoms. The molecule has 1 saturated heterocycles. The zero-order valence-electron chi connectivity index (χ0n) is 18.0. The summed E-state index contributed by atoms with van der Waals surface area (Å²) in [7, 11) is 1.61. The Hall–Kier alpha value is -2.61. The van der Waals surface area contributed by atoms with Gasteiger partial charge >= 0.3 is 0 Å². The van der Waals surface area contributed by atoms with E-state index < -0.39 is 0 Å². The number of piperidine rings is 1. The minimum atomic E-state index is -0.00579. The maximum atomic E-state index is 12.4. The Morgan fingerprint density at radius 2 is 1.90 bits per heavy atom. The summed E-state index contributed by atoms with van der Waals surface area (Å²) in [6, 6.07) is 7.20. The van der Waals surface area contributed by atoms with Crippen LogP contribution >= 0.6 is 0 Å². The van der Waals surface area contributed by atoms with Gasteiger partial charge in [-0.05, 0) is 43.0 Å². The lowest BCUT2D eigenvalue weighted by Gasteiger charge is -2.31. The fourth-order valence-corrected chi connectivity index (χ4v) is 3.32. The summed E-state index contributed by atoms with van der Waals surface area (Å²) in [4.78, 5) is 18.6. The lowest BCUT2D eigenvalue weighted by atomic mass is 10.1. The Labute approximate surface area is 177 Å². The molecule has 0 atom stereocenters. The SMILES string of the molecule is COc1ccc(OCC(=O)N2CCC(OCCc3noc(CC(C)C)n3)CC2)cc1.